The summed E-state index contributed by atoms with van der Waals surface area (Å²) in [6, 6.07) is 9.19. The summed E-state index contributed by atoms with van der Waals surface area (Å²) >= 11 is 12.2. The highest BCUT2D eigenvalue weighted by Crippen LogP contribution is 2.40. The van der Waals surface area contributed by atoms with Crippen molar-refractivity contribution in [3.63, 3.8) is 0 Å². The first-order valence-corrected chi connectivity index (χ1v) is 9.01. The lowest BCUT2D eigenvalue weighted by Gasteiger charge is -2.14. The molecule has 10 heteroatoms. The third-order valence-electron chi connectivity index (χ3n) is 3.67. The van der Waals surface area contributed by atoms with Gasteiger partial charge in [0.2, 0.25) is 5.75 Å². The van der Waals surface area contributed by atoms with Gasteiger partial charge in [-0.1, -0.05) is 35.6 Å². The van der Waals surface area contributed by atoms with Gasteiger partial charge >= 0.3 is 5.69 Å². The lowest BCUT2D eigenvalue weighted by atomic mass is 10.1. The molecule has 1 aliphatic rings. The molecule has 0 aromatic heterocycles. The van der Waals surface area contributed by atoms with Crippen molar-refractivity contribution in [3.8, 4) is 11.5 Å². The third kappa shape index (κ3) is 3.75. The van der Waals surface area contributed by atoms with Crippen LogP contribution in [0.2, 0.25) is 5.02 Å². The number of thiocarbonyl (C=S) groups is 1. The van der Waals surface area contributed by atoms with Crippen molar-refractivity contribution < 1.29 is 19.6 Å². The summed E-state index contributed by atoms with van der Waals surface area (Å²) in [6.45, 7) is 0. The second-order valence-electron chi connectivity index (χ2n) is 5.34. The molecule has 0 unspecified atom stereocenters. The van der Waals surface area contributed by atoms with E-state index in [0.29, 0.717) is 20.6 Å². The minimum atomic E-state index is -0.728. The van der Waals surface area contributed by atoms with Gasteiger partial charge in [0.1, 0.15) is 0 Å². The Labute approximate surface area is 168 Å². The van der Waals surface area contributed by atoms with Crippen LogP contribution >= 0.6 is 35.6 Å². The number of nitro groups is 1. The average molecular weight is 423 g/mol. The maximum atomic E-state index is 12.7. The smallest absolute Gasteiger partial charge is 0.315 e. The summed E-state index contributed by atoms with van der Waals surface area (Å²) in [5.41, 5.74) is 0.376. The molecule has 1 N–H and O–H groups in total. The summed E-state index contributed by atoms with van der Waals surface area (Å²) in [7, 11) is 1.28. The first-order valence-electron chi connectivity index (χ1n) is 7.40. The Kier molecular flexibility index (Phi) is 5.36. The molecule has 0 aliphatic carbocycles. The Balaban J connectivity index is 2.00. The number of amides is 1. The van der Waals surface area contributed by atoms with Gasteiger partial charge in [-0.3, -0.25) is 19.8 Å². The summed E-state index contributed by atoms with van der Waals surface area (Å²) in [4.78, 5) is 24.8. The number of rotatable bonds is 4. The van der Waals surface area contributed by atoms with Crippen molar-refractivity contribution in [1.82, 2.24) is 0 Å². The number of hydrogen-bond acceptors (Lipinski definition) is 7. The summed E-state index contributed by atoms with van der Waals surface area (Å²) in [6.07, 6.45) is 1.46. The van der Waals surface area contributed by atoms with Crippen molar-refractivity contribution in [3.05, 3.63) is 62.0 Å². The van der Waals surface area contributed by atoms with E-state index in [1.165, 1.54) is 24.2 Å². The number of phenolic OH excluding ortho intramolecular Hbond substituents is 1. The van der Waals surface area contributed by atoms with Gasteiger partial charge in [0, 0.05) is 11.1 Å². The zero-order valence-electron chi connectivity index (χ0n) is 13.7. The van der Waals surface area contributed by atoms with Crippen molar-refractivity contribution in [1.29, 1.82) is 0 Å². The van der Waals surface area contributed by atoms with Crippen molar-refractivity contribution in [2.75, 3.05) is 12.0 Å². The zero-order valence-corrected chi connectivity index (χ0v) is 16.1. The SMILES string of the molecule is COc1cc(/C=C2\SC(=S)N(c3ccc(Cl)cc3)C2=O)cc([N+](=O)[O-])c1O. The fraction of sp³-hybridized carbons (Fsp3) is 0.0588. The van der Waals surface area contributed by atoms with Crippen LogP contribution in [0.5, 0.6) is 11.5 Å². The number of methoxy groups -OCH3 is 1. The van der Waals surface area contributed by atoms with E-state index in [2.05, 4.69) is 0 Å². The molecule has 0 atom stereocenters. The quantitative estimate of drug-likeness (QED) is 0.338. The molecule has 7 nitrogen and oxygen atoms in total. The van der Waals surface area contributed by atoms with Gasteiger partial charge in [0.25, 0.3) is 5.91 Å². The molecule has 2 aromatic carbocycles. The number of thioether (sulfide) groups is 1. The highest BCUT2D eigenvalue weighted by atomic mass is 35.5. The molecule has 27 heavy (non-hydrogen) atoms. The second-order valence-corrected chi connectivity index (χ2v) is 7.45. The van der Waals surface area contributed by atoms with E-state index in [1.54, 1.807) is 24.3 Å². The van der Waals surface area contributed by atoms with E-state index in [-0.39, 0.29) is 16.6 Å². The molecule has 1 amide bonds. The molecule has 0 spiro atoms. The van der Waals surface area contributed by atoms with Crippen LogP contribution in [-0.2, 0) is 4.79 Å². The fourth-order valence-electron chi connectivity index (χ4n) is 2.42. The number of benzene rings is 2. The Bertz CT molecular complexity index is 992. The molecular formula is C17H11ClN2O5S2. The number of halogens is 1. The number of aromatic hydroxyl groups is 1. The van der Waals surface area contributed by atoms with Crippen LogP contribution in [0.3, 0.4) is 0 Å². The number of anilines is 1. The van der Waals surface area contributed by atoms with Crippen molar-refractivity contribution in [2.24, 2.45) is 0 Å². The van der Waals surface area contributed by atoms with Gasteiger partial charge < -0.3 is 9.84 Å². The van der Waals surface area contributed by atoms with E-state index >= 15 is 0 Å². The second kappa shape index (κ2) is 7.55. The maximum absolute atomic E-state index is 12.7. The predicted octanol–water partition coefficient (Wildman–Crippen LogP) is 4.37. The number of phenols is 1. The van der Waals surface area contributed by atoms with Crippen molar-refractivity contribution in [2.45, 2.75) is 0 Å². The third-order valence-corrected chi connectivity index (χ3v) is 5.22. The van der Waals surface area contributed by atoms with Crippen LogP contribution in [0.4, 0.5) is 11.4 Å². The highest BCUT2D eigenvalue weighted by molar-refractivity contribution is 8.27. The molecule has 1 fully saturated rings. The molecule has 1 aliphatic heterocycles. The molecule has 1 heterocycles. The average Bonchev–Trinajstić information content (AvgIpc) is 2.90. The number of nitrogens with zero attached hydrogens (tertiary/aromatic N) is 2. The first kappa shape index (κ1) is 19.2. The number of carbonyl (C=O) groups excluding carboxylic acids is 1. The molecule has 2 aromatic rings. The van der Waals surface area contributed by atoms with E-state index in [4.69, 9.17) is 28.6 Å². The zero-order chi connectivity index (χ0) is 19.7. The molecule has 138 valence electrons. The van der Waals surface area contributed by atoms with Gasteiger partial charge in [0.05, 0.1) is 22.6 Å². The van der Waals surface area contributed by atoms with Gasteiger partial charge in [-0.25, -0.2) is 0 Å². The molecular weight excluding hydrogens is 412 g/mol. The predicted molar refractivity (Wildman–Crippen MR) is 108 cm³/mol. The normalized spacial score (nSPS) is 15.5. The van der Waals surface area contributed by atoms with Crippen LogP contribution < -0.4 is 9.64 Å². The highest BCUT2D eigenvalue weighted by Gasteiger charge is 2.33. The Morgan fingerprint density at radius 1 is 1.33 bits per heavy atom. The van der Waals surface area contributed by atoms with E-state index in [9.17, 15) is 20.0 Å². The minimum Gasteiger partial charge on any atom is -0.500 e. The van der Waals surface area contributed by atoms with Gasteiger partial charge in [-0.05, 0) is 42.0 Å². The van der Waals surface area contributed by atoms with Crippen LogP contribution in [0, 0.1) is 10.1 Å². The van der Waals surface area contributed by atoms with E-state index < -0.39 is 16.4 Å². The first-order chi connectivity index (χ1) is 12.8. The summed E-state index contributed by atoms with van der Waals surface area (Å²) in [5.74, 6) is -1.00. The van der Waals surface area contributed by atoms with Gasteiger partial charge in [0.15, 0.2) is 10.1 Å². The van der Waals surface area contributed by atoms with E-state index in [1.807, 2.05) is 0 Å². The van der Waals surface area contributed by atoms with Gasteiger partial charge in [-0.2, -0.15) is 0 Å². The molecule has 3 rings (SSSR count). The Morgan fingerprint density at radius 2 is 2.00 bits per heavy atom. The lowest BCUT2D eigenvalue weighted by Crippen LogP contribution is -2.27. The fourth-order valence-corrected chi connectivity index (χ4v) is 3.85. The van der Waals surface area contributed by atoms with Gasteiger partial charge in [-0.15, -0.1) is 0 Å². The largest absolute Gasteiger partial charge is 0.500 e. The summed E-state index contributed by atoms with van der Waals surface area (Å²) < 4.78 is 5.29. The maximum Gasteiger partial charge on any atom is 0.315 e. The van der Waals surface area contributed by atoms with E-state index in [0.717, 1.165) is 17.8 Å². The van der Waals surface area contributed by atoms with Crippen LogP contribution in [0.25, 0.3) is 6.08 Å². The molecule has 0 radical (unpaired) electrons. The Morgan fingerprint density at radius 3 is 2.59 bits per heavy atom. The van der Waals surface area contributed by atoms with Crippen molar-refractivity contribution >= 4 is 63.3 Å². The number of hydrogen-bond donors (Lipinski definition) is 1. The van der Waals surface area contributed by atoms with Crippen LogP contribution in [-0.4, -0.2) is 27.4 Å². The molecule has 0 saturated carbocycles. The molecule has 0 bridgehead atoms. The minimum absolute atomic E-state index is 0.0661. The number of ether oxygens (including phenoxy) is 1. The monoisotopic (exact) mass is 422 g/mol. The van der Waals surface area contributed by atoms with Crippen LogP contribution in [0.15, 0.2) is 41.3 Å². The standard InChI is InChI=1S/C17H11ClN2O5S2/c1-25-13-7-9(6-12(15(13)21)20(23)24)8-14-16(22)19(17(26)27-14)11-4-2-10(18)3-5-11/h2-8,21H,1H3/b14-8-. The number of carbonyl (C=O) groups is 1. The van der Waals surface area contributed by atoms with Crippen LogP contribution in [0.1, 0.15) is 5.56 Å². The number of nitro benzene ring substituents is 1. The molecule has 1 saturated heterocycles. The lowest BCUT2D eigenvalue weighted by molar-refractivity contribution is -0.386. The topological polar surface area (TPSA) is 92.9 Å². The summed E-state index contributed by atoms with van der Waals surface area (Å²) in [5, 5.41) is 21.5. The Hall–Kier alpha value is -2.62.